The molecular formula is C73H143NO5. The molecule has 2 unspecified atom stereocenters. The molecule has 0 aromatic carbocycles. The molecule has 79 heavy (non-hydrogen) atoms. The van der Waals surface area contributed by atoms with Crippen molar-refractivity contribution in [1.82, 2.24) is 5.32 Å². The molecule has 0 aliphatic heterocycles. The van der Waals surface area contributed by atoms with E-state index >= 15 is 0 Å². The number of hydrogen-bond acceptors (Lipinski definition) is 5. The van der Waals surface area contributed by atoms with Crippen LogP contribution in [0.5, 0.6) is 0 Å². The number of aliphatic hydroxyl groups is 2. The molecule has 0 radical (unpaired) electrons. The number of hydrogen-bond donors (Lipinski definition) is 3. The van der Waals surface area contributed by atoms with Gasteiger partial charge in [0.05, 0.1) is 25.4 Å². The van der Waals surface area contributed by atoms with Crippen LogP contribution in [-0.4, -0.2) is 47.4 Å². The number of carbonyl (C=O) groups excluding carboxylic acids is 2. The summed E-state index contributed by atoms with van der Waals surface area (Å²) >= 11 is 0. The summed E-state index contributed by atoms with van der Waals surface area (Å²) in [5.41, 5.74) is 0. The summed E-state index contributed by atoms with van der Waals surface area (Å²) in [7, 11) is 0. The first-order chi connectivity index (χ1) is 39.0. The maximum Gasteiger partial charge on any atom is 0.305 e. The lowest BCUT2D eigenvalue weighted by atomic mass is 10.0. The molecule has 1 amide bonds. The van der Waals surface area contributed by atoms with Crippen LogP contribution in [0.4, 0.5) is 0 Å². The number of carbonyl (C=O) groups is 2. The Labute approximate surface area is 495 Å². The molecule has 470 valence electrons. The summed E-state index contributed by atoms with van der Waals surface area (Å²) in [5.74, 6) is -0.0152. The molecule has 0 heterocycles. The normalized spacial score (nSPS) is 12.5. The molecular weight excluding hydrogens is 971 g/mol. The van der Waals surface area contributed by atoms with E-state index in [2.05, 4.69) is 31.3 Å². The molecule has 0 spiro atoms. The molecule has 0 aromatic rings. The summed E-state index contributed by atoms with van der Waals surface area (Å²) in [6, 6.07) is -0.539. The highest BCUT2D eigenvalue weighted by molar-refractivity contribution is 5.76. The van der Waals surface area contributed by atoms with Crippen molar-refractivity contribution in [3.63, 3.8) is 0 Å². The number of esters is 1. The molecule has 6 nitrogen and oxygen atoms in total. The van der Waals surface area contributed by atoms with Gasteiger partial charge in [-0.05, 0) is 51.4 Å². The summed E-state index contributed by atoms with van der Waals surface area (Å²) in [6.45, 7) is 4.99. The number of allylic oxidation sites excluding steroid dienone is 2. The molecule has 0 rings (SSSR count). The van der Waals surface area contributed by atoms with Gasteiger partial charge in [-0.3, -0.25) is 9.59 Å². The van der Waals surface area contributed by atoms with E-state index in [0.29, 0.717) is 25.9 Å². The molecule has 0 bridgehead atoms. The number of amides is 1. The van der Waals surface area contributed by atoms with E-state index in [1.54, 1.807) is 0 Å². The van der Waals surface area contributed by atoms with Gasteiger partial charge in [-0.2, -0.15) is 0 Å². The Morgan fingerprint density at radius 1 is 0.342 bits per heavy atom. The summed E-state index contributed by atoms with van der Waals surface area (Å²) in [4.78, 5) is 24.6. The maximum absolute atomic E-state index is 12.5. The van der Waals surface area contributed by atoms with E-state index < -0.39 is 12.1 Å². The molecule has 0 aliphatic rings. The maximum atomic E-state index is 12.5. The van der Waals surface area contributed by atoms with Crippen LogP contribution >= 0.6 is 0 Å². The molecule has 6 heteroatoms. The standard InChI is InChI=1S/C73H143NO5/c1-3-5-7-9-11-13-15-17-19-20-31-34-38-41-45-49-53-57-61-65-71(76)70(69-75)74-72(77)66-62-58-54-50-46-42-39-35-32-29-27-25-23-21-22-24-26-28-30-33-36-40-44-48-52-56-60-64-68-79-73(78)67-63-59-55-51-47-43-37-18-16-14-12-10-8-6-4-2/h18,37,70-71,75-76H,3-17,19-36,38-69H2,1-2H3,(H,74,77)/b37-18-. The Kier molecular flexibility index (Phi) is 67.9. The molecule has 0 saturated carbocycles. The first-order valence-corrected chi connectivity index (χ1v) is 36.4. The van der Waals surface area contributed by atoms with Gasteiger partial charge < -0.3 is 20.3 Å². The molecule has 3 N–H and O–H groups in total. The molecule has 2 atom stereocenters. The van der Waals surface area contributed by atoms with E-state index in [4.69, 9.17) is 4.74 Å². The van der Waals surface area contributed by atoms with Crippen LogP contribution in [0.3, 0.4) is 0 Å². The van der Waals surface area contributed by atoms with E-state index in [1.807, 2.05) is 0 Å². The highest BCUT2D eigenvalue weighted by Crippen LogP contribution is 2.20. The Morgan fingerprint density at radius 3 is 0.899 bits per heavy atom. The highest BCUT2D eigenvalue weighted by atomic mass is 16.5. The van der Waals surface area contributed by atoms with Gasteiger partial charge in [0.25, 0.3) is 0 Å². The predicted molar refractivity (Wildman–Crippen MR) is 347 cm³/mol. The number of unbranched alkanes of at least 4 members (excludes halogenated alkanes) is 56. The Bertz CT molecular complexity index is 1190. The second-order valence-corrected chi connectivity index (χ2v) is 25.3. The smallest absolute Gasteiger partial charge is 0.305 e. The lowest BCUT2D eigenvalue weighted by Crippen LogP contribution is -2.45. The van der Waals surface area contributed by atoms with Crippen molar-refractivity contribution in [3.8, 4) is 0 Å². The third-order valence-corrected chi connectivity index (χ3v) is 17.3. The van der Waals surface area contributed by atoms with Crippen LogP contribution in [0.25, 0.3) is 0 Å². The van der Waals surface area contributed by atoms with Crippen molar-refractivity contribution in [3.05, 3.63) is 12.2 Å². The summed E-state index contributed by atoms with van der Waals surface area (Å²) < 4.78 is 5.49. The average Bonchev–Trinajstić information content (AvgIpc) is 3.45. The quantitative estimate of drug-likeness (QED) is 0.0320. The topological polar surface area (TPSA) is 95.9 Å². The molecule has 0 aromatic heterocycles. The first-order valence-electron chi connectivity index (χ1n) is 36.4. The zero-order valence-electron chi connectivity index (χ0n) is 53.9. The van der Waals surface area contributed by atoms with Crippen molar-refractivity contribution >= 4 is 11.9 Å². The van der Waals surface area contributed by atoms with Crippen LogP contribution in [-0.2, 0) is 14.3 Å². The van der Waals surface area contributed by atoms with Crippen LogP contribution in [0.15, 0.2) is 12.2 Å². The molecule has 0 saturated heterocycles. The minimum atomic E-state index is -0.662. The van der Waals surface area contributed by atoms with Gasteiger partial charge in [-0.15, -0.1) is 0 Å². The van der Waals surface area contributed by atoms with Gasteiger partial charge in [0.15, 0.2) is 0 Å². The Hall–Kier alpha value is -1.40. The van der Waals surface area contributed by atoms with Gasteiger partial charge in [0, 0.05) is 12.8 Å². The Morgan fingerprint density at radius 2 is 0.595 bits per heavy atom. The van der Waals surface area contributed by atoms with Gasteiger partial charge in [0.1, 0.15) is 0 Å². The van der Waals surface area contributed by atoms with Crippen molar-refractivity contribution in [2.75, 3.05) is 13.2 Å². The van der Waals surface area contributed by atoms with Crippen molar-refractivity contribution in [2.24, 2.45) is 0 Å². The van der Waals surface area contributed by atoms with Gasteiger partial charge in [-0.1, -0.05) is 366 Å². The fourth-order valence-corrected chi connectivity index (χ4v) is 11.8. The minimum Gasteiger partial charge on any atom is -0.466 e. The van der Waals surface area contributed by atoms with Crippen LogP contribution in [0.2, 0.25) is 0 Å². The first kappa shape index (κ1) is 77.6. The second kappa shape index (κ2) is 69.1. The second-order valence-electron chi connectivity index (χ2n) is 25.3. The Balaban J connectivity index is 3.34. The fourth-order valence-electron chi connectivity index (χ4n) is 11.8. The average molecular weight is 1110 g/mol. The van der Waals surface area contributed by atoms with E-state index in [1.165, 1.54) is 340 Å². The van der Waals surface area contributed by atoms with E-state index in [-0.39, 0.29) is 18.5 Å². The van der Waals surface area contributed by atoms with E-state index in [0.717, 1.165) is 44.9 Å². The third-order valence-electron chi connectivity index (χ3n) is 17.3. The minimum absolute atomic E-state index is 0.0120. The summed E-state index contributed by atoms with van der Waals surface area (Å²) in [6.07, 6.45) is 85.5. The van der Waals surface area contributed by atoms with Crippen molar-refractivity contribution in [2.45, 2.75) is 431 Å². The zero-order chi connectivity index (χ0) is 57.1. The fraction of sp³-hybridized carbons (Fsp3) is 0.945. The number of nitrogens with one attached hydrogen (secondary N) is 1. The number of aliphatic hydroxyl groups excluding tert-OH is 2. The van der Waals surface area contributed by atoms with Crippen molar-refractivity contribution < 1.29 is 24.5 Å². The van der Waals surface area contributed by atoms with Crippen molar-refractivity contribution in [1.29, 1.82) is 0 Å². The largest absolute Gasteiger partial charge is 0.466 e. The van der Waals surface area contributed by atoms with Gasteiger partial charge >= 0.3 is 5.97 Å². The lowest BCUT2D eigenvalue weighted by Gasteiger charge is -2.22. The van der Waals surface area contributed by atoms with Gasteiger partial charge in [0.2, 0.25) is 5.91 Å². The third kappa shape index (κ3) is 65.6. The van der Waals surface area contributed by atoms with Gasteiger partial charge in [-0.25, -0.2) is 0 Å². The zero-order valence-corrected chi connectivity index (χ0v) is 53.9. The molecule has 0 aliphatic carbocycles. The number of ether oxygens (including phenoxy) is 1. The van der Waals surface area contributed by atoms with Crippen LogP contribution in [0.1, 0.15) is 418 Å². The summed E-state index contributed by atoms with van der Waals surface area (Å²) in [5, 5.41) is 23.4. The molecule has 0 fully saturated rings. The van der Waals surface area contributed by atoms with Crippen LogP contribution < -0.4 is 5.32 Å². The SMILES string of the molecule is CCCCCCCC/C=C\CCCCCCCC(=O)OCCCCCCCCCCCCCCCCCCCCCCCCCCCCCCC(=O)NC(CO)C(O)CCCCCCCCCCCCCCCCCCCCC. The predicted octanol–water partition coefficient (Wildman–Crippen LogP) is 23.5. The highest BCUT2D eigenvalue weighted by Gasteiger charge is 2.20. The van der Waals surface area contributed by atoms with E-state index in [9.17, 15) is 19.8 Å². The lowest BCUT2D eigenvalue weighted by molar-refractivity contribution is -0.143. The number of rotatable bonds is 69. The van der Waals surface area contributed by atoms with Crippen LogP contribution in [0, 0.1) is 0 Å². The monoisotopic (exact) mass is 1110 g/mol.